The van der Waals surface area contributed by atoms with Gasteiger partial charge in [0.05, 0.1) is 31.6 Å². The molecule has 0 fully saturated rings. The van der Waals surface area contributed by atoms with E-state index in [0.717, 1.165) is 27.5 Å². The lowest BCUT2D eigenvalue weighted by Crippen LogP contribution is -2.10. The number of para-hydroxylation sites is 2. The maximum Gasteiger partial charge on any atom is 0.0629 e. The van der Waals surface area contributed by atoms with E-state index in [-0.39, 0.29) is 39.9 Å². The Morgan fingerprint density at radius 1 is 0.360 bits per heavy atom. The summed E-state index contributed by atoms with van der Waals surface area (Å²) in [4.78, 5) is 1.80. The smallest absolute Gasteiger partial charge is 0.0629 e. The van der Waals surface area contributed by atoms with Gasteiger partial charge in [-0.1, -0.05) is 139 Å². The third-order valence-electron chi connectivity index (χ3n) is 8.60. The number of hydrogen-bond acceptors (Lipinski definition) is 1. The molecule has 0 radical (unpaired) electrons. The first-order valence-electron chi connectivity index (χ1n) is 23.4. The van der Waals surface area contributed by atoms with Crippen LogP contribution in [0, 0.1) is 0 Å². The van der Waals surface area contributed by atoms with Crippen molar-refractivity contribution in [3.63, 3.8) is 0 Å². The van der Waals surface area contributed by atoms with E-state index in [1.807, 2.05) is 72.8 Å². The largest absolute Gasteiger partial charge is 0.310 e. The van der Waals surface area contributed by atoms with Crippen LogP contribution in [-0.4, -0.2) is 4.57 Å². The van der Waals surface area contributed by atoms with Crippen molar-refractivity contribution in [1.82, 2.24) is 4.57 Å². The molecule has 0 amide bonds. The Morgan fingerprint density at radius 2 is 0.880 bits per heavy atom. The molecule has 0 N–H and O–H groups in total. The standard InChI is InChI=1S/C48H34N2/c1-5-15-35(16-6-1)38-25-27-42(28-26-38)49(44-32-39(36-17-7-2-8-18-36)31-40(33-44)37-19-9-3-10-20-37)43-29-30-48-46(34-43)45-23-13-14-24-47(45)50(48)41-21-11-4-12-22-41/h1-34H/i1D,2D,3D,5D,6D,7D,8D,9D,10D,15D,16D,17D,18D,19D,20D. The van der Waals surface area contributed by atoms with Gasteiger partial charge in [0, 0.05) is 33.5 Å². The second-order valence-corrected chi connectivity index (χ2v) is 11.5. The highest BCUT2D eigenvalue weighted by molar-refractivity contribution is 6.10. The van der Waals surface area contributed by atoms with Crippen molar-refractivity contribution >= 4 is 38.9 Å². The zero-order valence-electron chi connectivity index (χ0n) is 41.4. The molecule has 0 saturated carbocycles. The number of benzene rings is 8. The summed E-state index contributed by atoms with van der Waals surface area (Å²) in [5, 5.41) is 1.78. The summed E-state index contributed by atoms with van der Waals surface area (Å²) < 4.78 is 130. The number of hydrogen-bond donors (Lipinski definition) is 0. The van der Waals surface area contributed by atoms with E-state index >= 15 is 0 Å². The zero-order valence-corrected chi connectivity index (χ0v) is 26.4. The predicted molar refractivity (Wildman–Crippen MR) is 212 cm³/mol. The van der Waals surface area contributed by atoms with Crippen molar-refractivity contribution in [2.24, 2.45) is 0 Å². The summed E-state index contributed by atoms with van der Waals surface area (Å²) in [5.41, 5.74) is 4.26. The summed E-state index contributed by atoms with van der Waals surface area (Å²) in [5.74, 6) is 0. The summed E-state index contributed by atoms with van der Waals surface area (Å²) in [6, 6.07) is 27.0. The number of anilines is 3. The second kappa shape index (κ2) is 12.8. The number of rotatable bonds is 7. The minimum Gasteiger partial charge on any atom is -0.310 e. The van der Waals surface area contributed by atoms with Crippen LogP contribution in [0.25, 0.3) is 60.9 Å². The molecule has 2 nitrogen and oxygen atoms in total. The summed E-state index contributed by atoms with van der Waals surface area (Å²) in [6.07, 6.45) is 0. The number of nitrogens with zero attached hydrogens (tertiary/aromatic N) is 2. The van der Waals surface area contributed by atoms with Crippen molar-refractivity contribution in [2.45, 2.75) is 0 Å². The summed E-state index contributed by atoms with van der Waals surface area (Å²) in [7, 11) is 0. The molecule has 0 aliphatic rings. The quantitative estimate of drug-likeness (QED) is 0.166. The molecule has 9 aromatic rings. The van der Waals surface area contributed by atoms with E-state index in [1.165, 1.54) is 6.07 Å². The van der Waals surface area contributed by atoms with Crippen molar-refractivity contribution in [3.8, 4) is 39.1 Å². The Balaban J connectivity index is 1.37. The summed E-state index contributed by atoms with van der Waals surface area (Å²) in [6.45, 7) is 0. The van der Waals surface area contributed by atoms with Crippen LogP contribution < -0.4 is 4.90 Å². The van der Waals surface area contributed by atoms with E-state index in [9.17, 15) is 0 Å². The van der Waals surface area contributed by atoms with Crippen LogP contribution in [0.2, 0.25) is 0 Å². The molecule has 236 valence electrons. The molecule has 0 aliphatic carbocycles. The molecule has 0 saturated heterocycles. The minimum absolute atomic E-state index is 0.00380. The maximum absolute atomic E-state index is 8.94. The van der Waals surface area contributed by atoms with Crippen molar-refractivity contribution in [3.05, 3.63) is 206 Å². The van der Waals surface area contributed by atoms with E-state index in [0.29, 0.717) is 22.6 Å². The maximum atomic E-state index is 8.94. The van der Waals surface area contributed by atoms with Gasteiger partial charge in [-0.25, -0.2) is 0 Å². The van der Waals surface area contributed by atoms with Gasteiger partial charge in [0.25, 0.3) is 0 Å². The molecule has 0 unspecified atom stereocenters. The molecule has 0 bridgehead atoms. The van der Waals surface area contributed by atoms with Gasteiger partial charge in [-0.3, -0.25) is 0 Å². The lowest BCUT2D eigenvalue weighted by molar-refractivity contribution is 1.18. The van der Waals surface area contributed by atoms with Crippen molar-refractivity contribution in [2.75, 3.05) is 4.90 Å². The van der Waals surface area contributed by atoms with Gasteiger partial charge in [-0.05, 0) is 100 Å². The van der Waals surface area contributed by atoms with Crippen LogP contribution >= 0.6 is 0 Å². The Hall–Kier alpha value is -6.64. The van der Waals surface area contributed by atoms with Gasteiger partial charge >= 0.3 is 0 Å². The van der Waals surface area contributed by atoms with Crippen LogP contribution in [0.5, 0.6) is 0 Å². The van der Waals surface area contributed by atoms with E-state index in [2.05, 4.69) is 4.57 Å². The van der Waals surface area contributed by atoms with Crippen LogP contribution in [0.4, 0.5) is 17.1 Å². The van der Waals surface area contributed by atoms with E-state index in [1.54, 1.807) is 41.3 Å². The zero-order chi connectivity index (χ0) is 46.3. The summed E-state index contributed by atoms with van der Waals surface area (Å²) >= 11 is 0. The molecule has 9 rings (SSSR count). The fourth-order valence-corrected chi connectivity index (χ4v) is 6.39. The van der Waals surface area contributed by atoms with E-state index < -0.39 is 78.6 Å². The highest BCUT2D eigenvalue weighted by Crippen LogP contribution is 2.42. The van der Waals surface area contributed by atoms with Crippen LogP contribution in [0.3, 0.4) is 0 Å². The third-order valence-corrected chi connectivity index (χ3v) is 8.60. The number of aromatic nitrogens is 1. The molecular formula is C48H34N2. The Bertz CT molecular complexity index is 3270. The lowest BCUT2D eigenvalue weighted by Gasteiger charge is -2.27. The monoisotopic (exact) mass is 653 g/mol. The van der Waals surface area contributed by atoms with Crippen LogP contribution in [-0.2, 0) is 0 Å². The Morgan fingerprint density at radius 3 is 1.50 bits per heavy atom. The van der Waals surface area contributed by atoms with Gasteiger partial charge in [-0.15, -0.1) is 0 Å². The fraction of sp³-hybridized carbons (Fsp3) is 0. The van der Waals surface area contributed by atoms with Crippen LogP contribution in [0.15, 0.2) is 206 Å². The average Bonchev–Trinajstić information content (AvgIpc) is 3.65. The van der Waals surface area contributed by atoms with Crippen LogP contribution in [0.1, 0.15) is 20.6 Å². The van der Waals surface area contributed by atoms with Crippen molar-refractivity contribution < 1.29 is 20.6 Å². The normalized spacial score (nSPS) is 15.4. The Labute approximate surface area is 313 Å². The number of fused-ring (bicyclic) bond motifs is 3. The molecule has 2 heteroatoms. The van der Waals surface area contributed by atoms with Gasteiger partial charge in [0.15, 0.2) is 0 Å². The van der Waals surface area contributed by atoms with Gasteiger partial charge < -0.3 is 9.47 Å². The minimum atomic E-state index is -0.602. The molecule has 1 heterocycles. The Kier molecular flexibility index (Phi) is 4.51. The molecule has 0 aliphatic heterocycles. The highest BCUT2D eigenvalue weighted by atomic mass is 15.1. The fourth-order valence-electron chi connectivity index (χ4n) is 6.39. The molecule has 0 atom stereocenters. The lowest BCUT2D eigenvalue weighted by atomic mass is 9.97. The molecule has 1 aromatic heterocycles. The van der Waals surface area contributed by atoms with E-state index in [4.69, 9.17) is 20.6 Å². The van der Waals surface area contributed by atoms with Gasteiger partial charge in [-0.2, -0.15) is 0 Å². The molecular weight excluding hydrogens is 605 g/mol. The second-order valence-electron chi connectivity index (χ2n) is 11.5. The first-order valence-corrected chi connectivity index (χ1v) is 15.9. The van der Waals surface area contributed by atoms with Gasteiger partial charge in [0.1, 0.15) is 0 Å². The average molecular weight is 654 g/mol. The van der Waals surface area contributed by atoms with Gasteiger partial charge in [0.2, 0.25) is 0 Å². The first kappa shape index (κ1) is 17.7. The molecule has 0 spiro atoms. The predicted octanol–water partition coefficient (Wildman–Crippen LogP) is 13.3. The molecule has 50 heavy (non-hydrogen) atoms. The topological polar surface area (TPSA) is 8.17 Å². The molecule has 8 aromatic carbocycles. The SMILES string of the molecule is [2H]c1c([2H])c([2H])c(-c2ccc(N(c3cc(-c4c([2H])c([2H])c([2H])c([2H])c4[2H])cc(-c4c([2H])c([2H])c([2H])c([2H])c4[2H])c3)c3ccc4c(c3)c3ccccc3n4-c3ccccc3)cc2)c([2H])c1[2H]. The van der Waals surface area contributed by atoms with Crippen molar-refractivity contribution in [1.29, 1.82) is 0 Å². The first-order chi connectivity index (χ1) is 31.0. The highest BCUT2D eigenvalue weighted by Gasteiger charge is 2.19. The third kappa shape index (κ3) is 5.43.